The Morgan fingerprint density at radius 1 is 1.15 bits per heavy atom. The van der Waals surface area contributed by atoms with Gasteiger partial charge >= 0.3 is 5.97 Å². The van der Waals surface area contributed by atoms with E-state index in [1.165, 1.54) is 12.7 Å². The molecule has 0 saturated carbocycles. The number of piperidine rings is 1. The van der Waals surface area contributed by atoms with Crippen LogP contribution in [-0.2, 0) is 25.5 Å². The van der Waals surface area contributed by atoms with E-state index in [2.05, 4.69) is 41.1 Å². The SMILES string of the molecule is COC(=O)[C@@H](C(OC)OC)N1CCC(CN(C)Cc2ccccc2)CC1. The van der Waals surface area contributed by atoms with Crippen molar-refractivity contribution in [3.8, 4) is 0 Å². The number of rotatable bonds is 9. The molecule has 1 heterocycles. The van der Waals surface area contributed by atoms with Crippen molar-refractivity contribution in [1.29, 1.82) is 0 Å². The van der Waals surface area contributed by atoms with Crippen molar-refractivity contribution < 1.29 is 19.0 Å². The maximum absolute atomic E-state index is 12.2. The number of hydrogen-bond donors (Lipinski definition) is 0. The van der Waals surface area contributed by atoms with Crippen LogP contribution in [-0.4, -0.2) is 76.1 Å². The highest BCUT2D eigenvalue weighted by molar-refractivity contribution is 5.76. The first-order valence-electron chi connectivity index (χ1n) is 9.19. The minimum atomic E-state index is -0.611. The molecule has 1 saturated heterocycles. The summed E-state index contributed by atoms with van der Waals surface area (Å²) in [4.78, 5) is 16.7. The fourth-order valence-corrected chi connectivity index (χ4v) is 3.72. The Kier molecular flexibility index (Phi) is 8.51. The van der Waals surface area contributed by atoms with Crippen LogP contribution < -0.4 is 0 Å². The number of benzene rings is 1. The first-order chi connectivity index (χ1) is 12.6. The molecule has 0 bridgehead atoms. The van der Waals surface area contributed by atoms with Gasteiger partial charge in [0.2, 0.25) is 0 Å². The van der Waals surface area contributed by atoms with Gasteiger partial charge in [0.1, 0.15) is 0 Å². The Bertz CT molecular complexity index is 528. The molecule has 1 atom stereocenters. The van der Waals surface area contributed by atoms with E-state index in [1.54, 1.807) is 14.2 Å². The second-order valence-corrected chi connectivity index (χ2v) is 6.97. The number of nitrogens with zero attached hydrogens (tertiary/aromatic N) is 2. The Labute approximate surface area is 157 Å². The van der Waals surface area contributed by atoms with Crippen LogP contribution in [0.15, 0.2) is 30.3 Å². The standard InChI is InChI=1S/C20H32N2O4/c1-21(14-16-8-6-5-7-9-16)15-17-10-12-22(13-11-17)18(19(23)24-2)20(25-3)26-4/h5-9,17-18,20H,10-15H2,1-4H3/t18-/m0/s1. The third-order valence-corrected chi connectivity index (χ3v) is 5.07. The van der Waals surface area contributed by atoms with Crippen LogP contribution in [0.1, 0.15) is 18.4 Å². The summed E-state index contributed by atoms with van der Waals surface area (Å²) in [6, 6.07) is 10.0. The second kappa shape index (κ2) is 10.6. The van der Waals surface area contributed by atoms with Crippen LogP contribution in [0.3, 0.4) is 0 Å². The predicted molar refractivity (Wildman–Crippen MR) is 101 cm³/mol. The molecule has 0 radical (unpaired) electrons. The molecule has 1 aromatic carbocycles. The molecular weight excluding hydrogens is 332 g/mol. The predicted octanol–water partition coefficient (Wildman–Crippen LogP) is 1.99. The quantitative estimate of drug-likeness (QED) is 0.493. The first-order valence-corrected chi connectivity index (χ1v) is 9.19. The smallest absolute Gasteiger partial charge is 0.328 e. The molecule has 26 heavy (non-hydrogen) atoms. The third-order valence-electron chi connectivity index (χ3n) is 5.07. The Morgan fingerprint density at radius 2 is 1.77 bits per heavy atom. The summed E-state index contributed by atoms with van der Waals surface area (Å²) in [7, 11) is 6.68. The minimum absolute atomic E-state index is 0.307. The Balaban J connectivity index is 1.85. The number of carbonyl (C=O) groups excluding carboxylic acids is 1. The number of likely N-dealkylation sites (tertiary alicyclic amines) is 1. The zero-order chi connectivity index (χ0) is 18.9. The Hall–Kier alpha value is -1.47. The lowest BCUT2D eigenvalue weighted by molar-refractivity contribution is -0.181. The van der Waals surface area contributed by atoms with E-state index < -0.39 is 12.3 Å². The van der Waals surface area contributed by atoms with Gasteiger partial charge < -0.3 is 19.1 Å². The lowest BCUT2D eigenvalue weighted by Gasteiger charge is -2.39. The van der Waals surface area contributed by atoms with Gasteiger partial charge in [0, 0.05) is 27.3 Å². The highest BCUT2D eigenvalue weighted by atomic mass is 16.7. The summed E-state index contributed by atoms with van der Waals surface area (Å²) in [5, 5.41) is 0. The average Bonchev–Trinajstić information content (AvgIpc) is 2.67. The second-order valence-electron chi connectivity index (χ2n) is 6.97. The van der Waals surface area contributed by atoms with E-state index in [9.17, 15) is 4.79 Å². The van der Waals surface area contributed by atoms with Gasteiger partial charge in [-0.05, 0) is 44.5 Å². The third kappa shape index (κ3) is 5.77. The number of carbonyl (C=O) groups is 1. The molecule has 0 N–H and O–H groups in total. The zero-order valence-electron chi connectivity index (χ0n) is 16.4. The van der Waals surface area contributed by atoms with Crippen LogP contribution in [0.25, 0.3) is 0 Å². The van der Waals surface area contributed by atoms with Gasteiger partial charge in [-0.1, -0.05) is 30.3 Å². The van der Waals surface area contributed by atoms with Crippen molar-refractivity contribution in [2.24, 2.45) is 5.92 Å². The van der Waals surface area contributed by atoms with Gasteiger partial charge in [-0.2, -0.15) is 0 Å². The molecule has 0 aliphatic carbocycles. The molecular formula is C20H32N2O4. The highest BCUT2D eigenvalue weighted by Gasteiger charge is 2.37. The largest absolute Gasteiger partial charge is 0.468 e. The molecule has 1 fully saturated rings. The summed E-state index contributed by atoms with van der Waals surface area (Å²) < 4.78 is 15.6. The highest BCUT2D eigenvalue weighted by Crippen LogP contribution is 2.23. The van der Waals surface area contributed by atoms with Crippen LogP contribution in [0.4, 0.5) is 0 Å². The molecule has 1 aliphatic rings. The fourth-order valence-electron chi connectivity index (χ4n) is 3.72. The molecule has 146 valence electrons. The first kappa shape index (κ1) is 20.8. The van der Waals surface area contributed by atoms with Gasteiger partial charge in [0.25, 0.3) is 0 Å². The molecule has 1 aromatic rings. The van der Waals surface area contributed by atoms with Gasteiger partial charge in [-0.3, -0.25) is 9.69 Å². The number of hydrogen-bond acceptors (Lipinski definition) is 6. The van der Waals surface area contributed by atoms with E-state index in [4.69, 9.17) is 14.2 Å². The molecule has 0 spiro atoms. The van der Waals surface area contributed by atoms with Crippen molar-refractivity contribution in [1.82, 2.24) is 9.80 Å². The van der Waals surface area contributed by atoms with Crippen molar-refractivity contribution >= 4 is 5.97 Å². The summed E-state index contributed by atoms with van der Waals surface area (Å²) in [5.74, 6) is 0.320. The Morgan fingerprint density at radius 3 is 2.31 bits per heavy atom. The number of methoxy groups -OCH3 is 3. The summed E-state index contributed by atoms with van der Waals surface area (Å²) in [5.41, 5.74) is 1.33. The monoisotopic (exact) mass is 364 g/mol. The van der Waals surface area contributed by atoms with Gasteiger partial charge in [-0.25, -0.2) is 0 Å². The fraction of sp³-hybridized carbons (Fsp3) is 0.650. The molecule has 1 aliphatic heterocycles. The van der Waals surface area contributed by atoms with Gasteiger partial charge in [0.05, 0.1) is 7.11 Å². The van der Waals surface area contributed by atoms with Crippen LogP contribution in [0.2, 0.25) is 0 Å². The molecule has 2 rings (SSSR count). The molecule has 6 nitrogen and oxygen atoms in total. The van der Waals surface area contributed by atoms with Crippen molar-refractivity contribution in [2.45, 2.75) is 31.7 Å². The van der Waals surface area contributed by atoms with E-state index >= 15 is 0 Å². The minimum Gasteiger partial charge on any atom is -0.468 e. The van der Waals surface area contributed by atoms with Crippen molar-refractivity contribution in [3.05, 3.63) is 35.9 Å². The van der Waals surface area contributed by atoms with Gasteiger partial charge in [0.15, 0.2) is 12.3 Å². The topological polar surface area (TPSA) is 51.2 Å². The summed E-state index contributed by atoms with van der Waals surface area (Å²) in [6.45, 7) is 3.70. The van der Waals surface area contributed by atoms with Gasteiger partial charge in [-0.15, -0.1) is 0 Å². The lowest BCUT2D eigenvalue weighted by Crippen LogP contribution is -2.54. The molecule has 0 unspecified atom stereocenters. The molecule has 6 heteroatoms. The normalized spacial score (nSPS) is 17.6. The van der Waals surface area contributed by atoms with E-state index in [0.29, 0.717) is 5.92 Å². The molecule has 0 aromatic heterocycles. The lowest BCUT2D eigenvalue weighted by atomic mass is 9.95. The maximum Gasteiger partial charge on any atom is 0.328 e. The van der Waals surface area contributed by atoms with E-state index in [1.807, 2.05) is 6.07 Å². The van der Waals surface area contributed by atoms with E-state index in [0.717, 1.165) is 39.0 Å². The zero-order valence-corrected chi connectivity index (χ0v) is 16.4. The van der Waals surface area contributed by atoms with E-state index in [-0.39, 0.29) is 5.97 Å². The van der Waals surface area contributed by atoms with Crippen LogP contribution in [0, 0.1) is 5.92 Å². The van der Waals surface area contributed by atoms with Crippen molar-refractivity contribution in [2.75, 3.05) is 48.0 Å². The number of esters is 1. The van der Waals surface area contributed by atoms with Crippen LogP contribution in [0.5, 0.6) is 0 Å². The molecule has 0 amide bonds. The maximum atomic E-state index is 12.2. The summed E-state index contributed by atoms with van der Waals surface area (Å²) >= 11 is 0. The van der Waals surface area contributed by atoms with Crippen molar-refractivity contribution in [3.63, 3.8) is 0 Å². The summed E-state index contributed by atoms with van der Waals surface area (Å²) in [6.07, 6.45) is 1.49. The average molecular weight is 364 g/mol. The number of ether oxygens (including phenoxy) is 3. The van der Waals surface area contributed by atoms with Crippen LogP contribution >= 0.6 is 0 Å².